The molecule has 4 fully saturated rings. The number of carbonyl (C=O) groups excluding carboxylic acids is 2. The molecule has 4 saturated carbocycles. The van der Waals surface area contributed by atoms with Gasteiger partial charge in [0.1, 0.15) is 5.66 Å². The predicted octanol–water partition coefficient (Wildman–Crippen LogP) is 3.77. The van der Waals surface area contributed by atoms with Crippen LogP contribution < -0.4 is 10.6 Å². The van der Waals surface area contributed by atoms with E-state index in [2.05, 4.69) is 15.5 Å². The Balaban J connectivity index is 1.34. The van der Waals surface area contributed by atoms with Crippen LogP contribution in [0.4, 0.5) is 5.69 Å². The highest BCUT2D eigenvalue weighted by atomic mass is 16.2. The van der Waals surface area contributed by atoms with Crippen LogP contribution in [-0.2, 0) is 4.79 Å². The number of para-hydroxylation sites is 1. The number of nitrogens with zero attached hydrogens (tertiary/aromatic N) is 1. The summed E-state index contributed by atoms with van der Waals surface area (Å²) in [5, 5.41) is 6.97. The van der Waals surface area contributed by atoms with Gasteiger partial charge in [-0.25, -0.2) is 0 Å². The van der Waals surface area contributed by atoms with Gasteiger partial charge in [0, 0.05) is 30.6 Å². The summed E-state index contributed by atoms with van der Waals surface area (Å²) in [6, 6.07) is 8.18. The van der Waals surface area contributed by atoms with Gasteiger partial charge in [-0.2, -0.15) is 0 Å². The zero-order valence-corrected chi connectivity index (χ0v) is 16.7. The van der Waals surface area contributed by atoms with Crippen molar-refractivity contribution in [2.24, 2.45) is 17.8 Å². The average molecular weight is 382 g/mol. The molecule has 0 saturated heterocycles. The van der Waals surface area contributed by atoms with E-state index < -0.39 is 0 Å². The summed E-state index contributed by atoms with van der Waals surface area (Å²) in [5.41, 5.74) is 1.27. The second-order valence-corrected chi connectivity index (χ2v) is 9.42. The lowest BCUT2D eigenvalue weighted by atomic mass is 9.58. The van der Waals surface area contributed by atoms with E-state index >= 15 is 0 Å². The highest BCUT2D eigenvalue weighted by molar-refractivity contribution is 6.02. The van der Waals surface area contributed by atoms with Gasteiger partial charge in [0.15, 0.2) is 0 Å². The molecule has 1 aromatic rings. The largest absolute Gasteiger partial charge is 0.362 e. The molecule has 1 aliphatic heterocycles. The molecule has 0 unspecified atom stereocenters. The minimum Gasteiger partial charge on any atom is -0.362 e. The minimum absolute atomic E-state index is 0.0177. The van der Waals surface area contributed by atoms with Crippen molar-refractivity contribution in [1.29, 1.82) is 0 Å². The average Bonchev–Trinajstić information content (AvgIpc) is 2.73. The minimum atomic E-state index is -0.380. The van der Waals surface area contributed by atoms with Crippen LogP contribution in [0, 0.1) is 17.8 Å². The first-order chi connectivity index (χ1) is 13.6. The quantitative estimate of drug-likeness (QED) is 0.820. The maximum Gasteiger partial charge on any atom is 0.255 e. The molecule has 5 heteroatoms. The van der Waals surface area contributed by atoms with Crippen molar-refractivity contribution >= 4 is 17.5 Å². The fraction of sp³-hybridized carbons (Fsp3) is 0.652. The predicted molar refractivity (Wildman–Crippen MR) is 109 cm³/mol. The van der Waals surface area contributed by atoms with Crippen LogP contribution in [0.25, 0.3) is 0 Å². The standard InChI is InChI=1S/C23H31N3O2/c1-26(17-7-3-2-4-8-17)22(28)19-13-16-12-11-15(19)14-23(16)24-20-10-6-5-9-18(20)21(27)25-23/h5-6,9-10,15-17,19,24H,2-4,7-8,11-14H2,1H3,(H,25,27)/t15-,16+,19+,23-/m1/s1. The number of hydrogen-bond donors (Lipinski definition) is 2. The Kier molecular flexibility index (Phi) is 4.37. The summed E-state index contributed by atoms with van der Waals surface area (Å²) < 4.78 is 0. The second kappa shape index (κ2) is 6.78. The van der Waals surface area contributed by atoms with Crippen molar-refractivity contribution in [2.45, 2.75) is 69.5 Å². The number of carbonyl (C=O) groups is 2. The number of hydrogen-bond acceptors (Lipinski definition) is 3. The Labute approximate surface area is 167 Å². The number of rotatable bonds is 2. The van der Waals surface area contributed by atoms with Crippen LogP contribution >= 0.6 is 0 Å². The van der Waals surface area contributed by atoms with Gasteiger partial charge >= 0.3 is 0 Å². The smallest absolute Gasteiger partial charge is 0.255 e. The fourth-order valence-electron chi connectivity index (χ4n) is 6.36. The Morgan fingerprint density at radius 3 is 2.61 bits per heavy atom. The Hall–Kier alpha value is -2.04. The number of nitrogens with one attached hydrogen (secondary N) is 2. The van der Waals surface area contributed by atoms with Crippen LogP contribution in [0.5, 0.6) is 0 Å². The summed E-state index contributed by atoms with van der Waals surface area (Å²) in [6.45, 7) is 0. The Morgan fingerprint density at radius 1 is 1.07 bits per heavy atom. The van der Waals surface area contributed by atoms with Gasteiger partial charge in [0.2, 0.25) is 5.91 Å². The molecule has 5 aliphatic rings. The summed E-state index contributed by atoms with van der Waals surface area (Å²) >= 11 is 0. The monoisotopic (exact) mass is 381 g/mol. The number of amides is 2. The lowest BCUT2D eigenvalue weighted by Gasteiger charge is -2.57. The van der Waals surface area contributed by atoms with Crippen LogP contribution in [0.3, 0.4) is 0 Å². The van der Waals surface area contributed by atoms with Crippen LogP contribution in [-0.4, -0.2) is 35.5 Å². The van der Waals surface area contributed by atoms with Crippen molar-refractivity contribution in [2.75, 3.05) is 12.4 Å². The van der Waals surface area contributed by atoms with Gasteiger partial charge < -0.3 is 15.5 Å². The van der Waals surface area contributed by atoms with Crippen LogP contribution in [0.15, 0.2) is 24.3 Å². The van der Waals surface area contributed by atoms with Gasteiger partial charge in [-0.05, 0) is 56.6 Å². The molecule has 2 bridgehead atoms. The van der Waals surface area contributed by atoms with Crippen molar-refractivity contribution < 1.29 is 9.59 Å². The van der Waals surface area contributed by atoms with E-state index in [1.807, 2.05) is 31.3 Å². The van der Waals surface area contributed by atoms with E-state index in [1.54, 1.807) is 0 Å². The van der Waals surface area contributed by atoms with Crippen molar-refractivity contribution in [3.63, 3.8) is 0 Å². The highest BCUT2D eigenvalue weighted by Gasteiger charge is 2.55. The number of anilines is 1. The maximum absolute atomic E-state index is 13.3. The SMILES string of the molecule is CN(C(=O)[C@H]1C[C@@H]2CC[C@@H]1C[C@@]21NC(=O)c2ccccc2N1)C1CCCCC1. The van der Waals surface area contributed by atoms with Crippen molar-refractivity contribution in [1.82, 2.24) is 10.2 Å². The number of benzene rings is 1. The molecule has 150 valence electrons. The maximum atomic E-state index is 13.3. The molecule has 1 heterocycles. The zero-order chi connectivity index (χ0) is 19.3. The molecular weight excluding hydrogens is 350 g/mol. The lowest BCUT2D eigenvalue weighted by molar-refractivity contribution is -0.144. The third-order valence-corrected chi connectivity index (χ3v) is 7.93. The molecule has 4 aliphatic carbocycles. The summed E-state index contributed by atoms with van der Waals surface area (Å²) in [5.74, 6) is 1.14. The first-order valence-electron chi connectivity index (χ1n) is 11.0. The third kappa shape index (κ3) is 2.82. The summed E-state index contributed by atoms with van der Waals surface area (Å²) in [4.78, 5) is 28.1. The summed E-state index contributed by atoms with van der Waals surface area (Å²) in [6.07, 6.45) is 10.0. The molecule has 2 amide bonds. The van der Waals surface area contributed by atoms with E-state index in [9.17, 15) is 9.59 Å². The van der Waals surface area contributed by atoms with Crippen LogP contribution in [0.1, 0.15) is 68.1 Å². The normalized spacial score (nSPS) is 34.5. The zero-order valence-electron chi connectivity index (χ0n) is 16.7. The first-order valence-corrected chi connectivity index (χ1v) is 11.0. The first kappa shape index (κ1) is 18.0. The van der Waals surface area contributed by atoms with E-state index in [1.165, 1.54) is 19.3 Å². The Bertz CT molecular complexity index is 788. The molecule has 1 spiro atoms. The lowest BCUT2D eigenvalue weighted by Crippen LogP contribution is -2.68. The van der Waals surface area contributed by atoms with Gasteiger partial charge in [0.05, 0.1) is 5.56 Å². The molecule has 6 rings (SSSR count). The molecule has 28 heavy (non-hydrogen) atoms. The fourth-order valence-corrected chi connectivity index (χ4v) is 6.36. The van der Waals surface area contributed by atoms with E-state index in [4.69, 9.17) is 0 Å². The topological polar surface area (TPSA) is 61.4 Å². The van der Waals surface area contributed by atoms with Crippen LogP contribution in [0.2, 0.25) is 0 Å². The van der Waals surface area contributed by atoms with E-state index in [0.29, 0.717) is 23.8 Å². The van der Waals surface area contributed by atoms with Gasteiger partial charge in [-0.3, -0.25) is 9.59 Å². The summed E-state index contributed by atoms with van der Waals surface area (Å²) in [7, 11) is 2.02. The van der Waals surface area contributed by atoms with Crippen molar-refractivity contribution in [3.8, 4) is 0 Å². The highest BCUT2D eigenvalue weighted by Crippen LogP contribution is 2.52. The third-order valence-electron chi connectivity index (χ3n) is 7.93. The number of fused-ring (bicyclic) bond motifs is 3. The molecule has 0 radical (unpaired) electrons. The Morgan fingerprint density at radius 2 is 1.86 bits per heavy atom. The second-order valence-electron chi connectivity index (χ2n) is 9.42. The van der Waals surface area contributed by atoms with Crippen molar-refractivity contribution in [3.05, 3.63) is 29.8 Å². The van der Waals surface area contributed by atoms with Gasteiger partial charge in [0.25, 0.3) is 5.91 Å². The molecule has 1 aromatic carbocycles. The molecule has 2 N–H and O–H groups in total. The molecule has 4 atom stereocenters. The van der Waals surface area contributed by atoms with E-state index in [0.717, 1.165) is 49.8 Å². The van der Waals surface area contributed by atoms with Gasteiger partial charge in [-0.1, -0.05) is 31.4 Å². The van der Waals surface area contributed by atoms with E-state index in [-0.39, 0.29) is 17.5 Å². The molecule has 0 aromatic heterocycles. The molecule has 5 nitrogen and oxygen atoms in total. The van der Waals surface area contributed by atoms with Gasteiger partial charge in [-0.15, -0.1) is 0 Å². The molecular formula is C23H31N3O2.